The molecular weight excluding hydrogens is 260 g/mol. The summed E-state index contributed by atoms with van der Waals surface area (Å²) in [5, 5.41) is 3.25. The van der Waals surface area contributed by atoms with Crippen molar-refractivity contribution in [1.29, 1.82) is 0 Å². The molecule has 0 fully saturated rings. The van der Waals surface area contributed by atoms with Crippen LogP contribution in [-0.2, 0) is 16.4 Å². The van der Waals surface area contributed by atoms with Gasteiger partial charge in [0.1, 0.15) is 0 Å². The fraction of sp³-hybridized carbons (Fsp3) is 0.429. The van der Waals surface area contributed by atoms with Crippen LogP contribution in [0.25, 0.3) is 0 Å². The summed E-state index contributed by atoms with van der Waals surface area (Å²) in [4.78, 5) is 0.421. The first kappa shape index (κ1) is 12.7. The summed E-state index contributed by atoms with van der Waals surface area (Å²) in [6, 6.07) is 5.40. The average Bonchev–Trinajstić information content (AvgIpc) is 2.85. The van der Waals surface area contributed by atoms with Crippen molar-refractivity contribution in [3.63, 3.8) is 0 Å². The van der Waals surface area contributed by atoms with Crippen LogP contribution in [0.1, 0.15) is 18.9 Å². The molecule has 0 unspecified atom stereocenters. The van der Waals surface area contributed by atoms with Gasteiger partial charge >= 0.3 is 0 Å². The highest BCUT2D eigenvalue weighted by molar-refractivity contribution is 7.89. The molecule has 2 aliphatic rings. The highest BCUT2D eigenvalue weighted by Gasteiger charge is 2.27. The molecule has 0 bridgehead atoms. The van der Waals surface area contributed by atoms with Crippen LogP contribution in [0.3, 0.4) is 0 Å². The Balaban J connectivity index is 1.94. The first-order chi connectivity index (χ1) is 9.07. The van der Waals surface area contributed by atoms with Crippen molar-refractivity contribution >= 4 is 15.7 Å². The van der Waals surface area contributed by atoms with Crippen LogP contribution in [0.2, 0.25) is 0 Å². The minimum absolute atomic E-state index is 0.421. The van der Waals surface area contributed by atoms with Gasteiger partial charge in [0.05, 0.1) is 4.90 Å². The maximum atomic E-state index is 12.6. The number of benzene rings is 1. The van der Waals surface area contributed by atoms with E-state index in [4.69, 9.17) is 0 Å². The highest BCUT2D eigenvalue weighted by Crippen LogP contribution is 2.27. The molecule has 4 nitrogen and oxygen atoms in total. The number of fused-ring (bicyclic) bond motifs is 1. The normalized spacial score (nSPS) is 19.7. The van der Waals surface area contributed by atoms with E-state index in [0.717, 1.165) is 36.2 Å². The van der Waals surface area contributed by atoms with E-state index in [1.54, 1.807) is 10.4 Å². The van der Waals surface area contributed by atoms with Crippen molar-refractivity contribution in [2.45, 2.75) is 24.7 Å². The molecule has 0 radical (unpaired) electrons. The van der Waals surface area contributed by atoms with E-state index in [1.165, 1.54) is 0 Å². The second-order valence-corrected chi connectivity index (χ2v) is 7.11. The fourth-order valence-corrected chi connectivity index (χ4v) is 4.22. The topological polar surface area (TPSA) is 49.4 Å². The number of anilines is 1. The van der Waals surface area contributed by atoms with Crippen LogP contribution < -0.4 is 5.32 Å². The Morgan fingerprint density at radius 3 is 2.95 bits per heavy atom. The fourth-order valence-electron chi connectivity index (χ4n) is 2.67. The van der Waals surface area contributed by atoms with E-state index in [1.807, 2.05) is 19.1 Å². The third-order valence-electron chi connectivity index (χ3n) is 3.72. The molecule has 3 rings (SSSR count). The van der Waals surface area contributed by atoms with Crippen molar-refractivity contribution in [3.8, 4) is 0 Å². The molecule has 1 aromatic rings. The molecule has 1 aromatic carbocycles. The van der Waals surface area contributed by atoms with E-state index in [0.29, 0.717) is 18.0 Å². The van der Waals surface area contributed by atoms with Gasteiger partial charge in [-0.25, -0.2) is 8.42 Å². The smallest absolute Gasteiger partial charge is 0.243 e. The molecule has 2 aliphatic heterocycles. The van der Waals surface area contributed by atoms with E-state index < -0.39 is 10.0 Å². The van der Waals surface area contributed by atoms with Gasteiger partial charge in [-0.15, -0.1) is 0 Å². The van der Waals surface area contributed by atoms with E-state index in [2.05, 4.69) is 11.4 Å². The zero-order chi connectivity index (χ0) is 13.5. The number of hydrogen-bond donors (Lipinski definition) is 1. The highest BCUT2D eigenvalue weighted by atomic mass is 32.2. The standard InChI is InChI=1S/C14H18N2O2S/c1-11-3-2-8-16(10-11)19(17,18)13-4-5-14-12(9-13)6-7-15-14/h3-5,9,15H,2,6-8,10H2,1H3. The predicted molar refractivity (Wildman–Crippen MR) is 75.8 cm³/mol. The second-order valence-electron chi connectivity index (χ2n) is 5.17. The first-order valence-corrected chi connectivity index (χ1v) is 8.04. The van der Waals surface area contributed by atoms with E-state index in [-0.39, 0.29) is 0 Å². The van der Waals surface area contributed by atoms with Crippen molar-refractivity contribution in [3.05, 3.63) is 35.4 Å². The Morgan fingerprint density at radius 1 is 1.32 bits per heavy atom. The lowest BCUT2D eigenvalue weighted by atomic mass is 10.2. The molecule has 102 valence electrons. The first-order valence-electron chi connectivity index (χ1n) is 6.60. The largest absolute Gasteiger partial charge is 0.384 e. The summed E-state index contributed by atoms with van der Waals surface area (Å²) in [5.74, 6) is 0. The van der Waals surface area contributed by atoms with Gasteiger partial charge in [0.15, 0.2) is 0 Å². The maximum Gasteiger partial charge on any atom is 0.243 e. The lowest BCUT2D eigenvalue weighted by Crippen LogP contribution is -2.35. The molecule has 0 saturated carbocycles. The zero-order valence-electron chi connectivity index (χ0n) is 11.0. The summed E-state index contributed by atoms with van der Waals surface area (Å²) in [7, 11) is -3.35. The summed E-state index contributed by atoms with van der Waals surface area (Å²) in [6.07, 6.45) is 3.81. The monoisotopic (exact) mass is 278 g/mol. The Bertz CT molecular complexity index is 635. The molecule has 0 atom stereocenters. The average molecular weight is 278 g/mol. The molecular formula is C14H18N2O2S. The summed E-state index contributed by atoms with van der Waals surface area (Å²) in [6.45, 7) is 3.96. The van der Waals surface area contributed by atoms with Crippen molar-refractivity contribution in [1.82, 2.24) is 4.31 Å². The van der Waals surface area contributed by atoms with Crippen LogP contribution in [0.15, 0.2) is 34.7 Å². The van der Waals surface area contributed by atoms with E-state index >= 15 is 0 Å². The van der Waals surface area contributed by atoms with Crippen LogP contribution >= 0.6 is 0 Å². The summed E-state index contributed by atoms with van der Waals surface area (Å²) >= 11 is 0. The molecule has 0 aliphatic carbocycles. The zero-order valence-corrected chi connectivity index (χ0v) is 11.8. The van der Waals surface area contributed by atoms with Gasteiger partial charge in [-0.05, 0) is 43.5 Å². The van der Waals surface area contributed by atoms with Gasteiger partial charge in [-0.3, -0.25) is 0 Å². The molecule has 0 spiro atoms. The van der Waals surface area contributed by atoms with Gasteiger partial charge in [0.2, 0.25) is 10.0 Å². The maximum absolute atomic E-state index is 12.6. The van der Waals surface area contributed by atoms with Crippen LogP contribution in [0.5, 0.6) is 0 Å². The SMILES string of the molecule is CC1=CCCN(S(=O)(=O)c2ccc3c(c2)CCN3)C1. The molecule has 19 heavy (non-hydrogen) atoms. The van der Waals surface area contributed by atoms with Crippen molar-refractivity contribution in [2.75, 3.05) is 25.0 Å². The second kappa shape index (κ2) is 4.65. The number of sulfonamides is 1. The Morgan fingerprint density at radius 2 is 2.16 bits per heavy atom. The third-order valence-corrected chi connectivity index (χ3v) is 5.56. The van der Waals surface area contributed by atoms with Gasteiger partial charge in [0.25, 0.3) is 0 Å². The molecule has 5 heteroatoms. The van der Waals surface area contributed by atoms with Gasteiger partial charge < -0.3 is 5.32 Å². The Labute approximate surface area is 114 Å². The summed E-state index contributed by atoms with van der Waals surface area (Å²) in [5.41, 5.74) is 3.29. The molecule has 0 amide bonds. The molecule has 0 aromatic heterocycles. The van der Waals surface area contributed by atoms with Crippen molar-refractivity contribution in [2.24, 2.45) is 0 Å². The van der Waals surface area contributed by atoms with Crippen LogP contribution in [0, 0.1) is 0 Å². The molecule has 2 heterocycles. The Kier molecular flexibility index (Phi) is 3.11. The number of hydrogen-bond acceptors (Lipinski definition) is 3. The molecule has 0 saturated heterocycles. The number of nitrogens with zero attached hydrogens (tertiary/aromatic N) is 1. The number of rotatable bonds is 2. The lowest BCUT2D eigenvalue weighted by molar-refractivity contribution is 0.428. The predicted octanol–water partition coefficient (Wildman–Crippen LogP) is 2.00. The Hall–Kier alpha value is -1.33. The third kappa shape index (κ3) is 2.28. The minimum Gasteiger partial charge on any atom is -0.384 e. The lowest BCUT2D eigenvalue weighted by Gasteiger charge is -2.25. The number of nitrogens with one attached hydrogen (secondary N) is 1. The summed E-state index contributed by atoms with van der Waals surface area (Å²) < 4.78 is 26.8. The van der Waals surface area contributed by atoms with Gasteiger partial charge in [-0.2, -0.15) is 4.31 Å². The quantitative estimate of drug-likeness (QED) is 0.842. The van der Waals surface area contributed by atoms with Crippen LogP contribution in [0.4, 0.5) is 5.69 Å². The van der Waals surface area contributed by atoms with E-state index in [9.17, 15) is 8.42 Å². The van der Waals surface area contributed by atoms with Crippen LogP contribution in [-0.4, -0.2) is 32.4 Å². The molecule has 1 N–H and O–H groups in total. The van der Waals surface area contributed by atoms with Gasteiger partial charge in [0, 0.05) is 25.3 Å². The van der Waals surface area contributed by atoms with Gasteiger partial charge in [-0.1, -0.05) is 11.6 Å². The minimum atomic E-state index is -3.35. The van der Waals surface area contributed by atoms with Crippen molar-refractivity contribution < 1.29 is 8.42 Å².